The number of nitro groups is 1. The molecule has 0 radical (unpaired) electrons. The number of ether oxygens (including phenoxy) is 1. The molecule has 0 atom stereocenters. The summed E-state index contributed by atoms with van der Waals surface area (Å²) >= 11 is 0. The molecule has 1 N–H and O–H groups in total. The molecule has 0 fully saturated rings. The molecule has 23 heavy (non-hydrogen) atoms. The van der Waals surface area contributed by atoms with Crippen molar-refractivity contribution in [1.29, 1.82) is 0 Å². The van der Waals surface area contributed by atoms with Crippen molar-refractivity contribution in [1.82, 2.24) is 19.5 Å². The smallest absolute Gasteiger partial charge is 0.354 e. The summed E-state index contributed by atoms with van der Waals surface area (Å²) in [5.74, 6) is 0.844. The Morgan fingerprint density at radius 1 is 1.35 bits per heavy atom. The van der Waals surface area contributed by atoms with Crippen molar-refractivity contribution in [2.45, 2.75) is 0 Å². The number of nitrogens with one attached hydrogen (secondary N) is 1. The van der Waals surface area contributed by atoms with Gasteiger partial charge in [0.2, 0.25) is 11.6 Å². The summed E-state index contributed by atoms with van der Waals surface area (Å²) in [6.45, 7) is 0. The van der Waals surface area contributed by atoms with Crippen LogP contribution in [-0.2, 0) is 0 Å². The third kappa shape index (κ3) is 2.93. The van der Waals surface area contributed by atoms with Gasteiger partial charge in [-0.3, -0.25) is 14.7 Å². The molecule has 0 saturated carbocycles. The molecule has 2 aromatic heterocycles. The third-order valence-electron chi connectivity index (χ3n) is 3.07. The molecule has 0 amide bonds. The van der Waals surface area contributed by atoms with Crippen LogP contribution in [-0.4, -0.2) is 31.6 Å². The zero-order valence-corrected chi connectivity index (χ0v) is 12.1. The van der Waals surface area contributed by atoms with E-state index in [2.05, 4.69) is 20.3 Å². The molecule has 9 nitrogen and oxygen atoms in total. The quantitative estimate of drug-likeness (QED) is 0.569. The standard InChI is InChI=1S/C14H12N6O3/c1-23-11-4-2-3-10(7-11)18-13-12(20(21)22)14(17-8-16-13)19-6-5-15-9-19/h2-9H,1H3,(H,16,17,18). The minimum atomic E-state index is -0.530. The van der Waals surface area contributed by atoms with Crippen molar-refractivity contribution < 1.29 is 9.66 Å². The first kappa shape index (κ1) is 14.4. The molecular weight excluding hydrogens is 300 g/mol. The van der Waals surface area contributed by atoms with Gasteiger partial charge in [0.05, 0.1) is 12.0 Å². The second-order valence-electron chi connectivity index (χ2n) is 4.48. The van der Waals surface area contributed by atoms with E-state index in [1.807, 2.05) is 0 Å². The van der Waals surface area contributed by atoms with Crippen LogP contribution in [0.3, 0.4) is 0 Å². The Hall–Kier alpha value is -3.49. The van der Waals surface area contributed by atoms with Gasteiger partial charge in [-0.1, -0.05) is 6.07 Å². The Labute approximate surface area is 130 Å². The SMILES string of the molecule is COc1cccc(Nc2ncnc(-n3ccnc3)c2[N+](=O)[O-])c1. The Balaban J connectivity index is 2.05. The molecule has 0 aliphatic heterocycles. The first-order chi connectivity index (χ1) is 11.2. The van der Waals surface area contributed by atoms with Gasteiger partial charge in [0.25, 0.3) is 0 Å². The van der Waals surface area contributed by atoms with Gasteiger partial charge in [0, 0.05) is 24.1 Å². The number of methoxy groups -OCH3 is 1. The first-order valence-corrected chi connectivity index (χ1v) is 6.58. The fraction of sp³-hybridized carbons (Fsp3) is 0.0714. The fourth-order valence-electron chi connectivity index (χ4n) is 2.04. The van der Waals surface area contributed by atoms with Crippen molar-refractivity contribution in [2.24, 2.45) is 0 Å². The van der Waals surface area contributed by atoms with Crippen molar-refractivity contribution in [3.63, 3.8) is 0 Å². The van der Waals surface area contributed by atoms with Gasteiger partial charge >= 0.3 is 5.69 Å². The van der Waals surface area contributed by atoms with Crippen LogP contribution < -0.4 is 10.1 Å². The van der Waals surface area contributed by atoms with E-state index in [0.717, 1.165) is 0 Å². The summed E-state index contributed by atoms with van der Waals surface area (Å²) in [4.78, 5) is 22.8. The minimum absolute atomic E-state index is 0.0851. The van der Waals surface area contributed by atoms with Crippen LogP contribution in [0.15, 0.2) is 49.3 Å². The lowest BCUT2D eigenvalue weighted by molar-refractivity contribution is -0.384. The normalized spacial score (nSPS) is 10.3. The Morgan fingerprint density at radius 3 is 2.91 bits per heavy atom. The average molecular weight is 312 g/mol. The lowest BCUT2D eigenvalue weighted by Crippen LogP contribution is -2.06. The zero-order valence-electron chi connectivity index (χ0n) is 12.1. The molecule has 3 rings (SSSR count). The van der Waals surface area contributed by atoms with E-state index < -0.39 is 4.92 Å². The molecule has 0 unspecified atom stereocenters. The van der Waals surface area contributed by atoms with E-state index in [9.17, 15) is 10.1 Å². The highest BCUT2D eigenvalue weighted by Gasteiger charge is 2.24. The molecule has 1 aromatic carbocycles. The number of rotatable bonds is 5. The second kappa shape index (κ2) is 6.10. The van der Waals surface area contributed by atoms with Crippen LogP contribution in [0.25, 0.3) is 5.82 Å². The molecule has 9 heteroatoms. The third-order valence-corrected chi connectivity index (χ3v) is 3.07. The number of hydrogen-bond acceptors (Lipinski definition) is 7. The zero-order chi connectivity index (χ0) is 16.2. The van der Waals surface area contributed by atoms with E-state index in [4.69, 9.17) is 4.74 Å². The topological polar surface area (TPSA) is 108 Å². The minimum Gasteiger partial charge on any atom is -0.497 e. The lowest BCUT2D eigenvalue weighted by atomic mass is 10.3. The molecule has 0 bridgehead atoms. The van der Waals surface area contributed by atoms with E-state index in [0.29, 0.717) is 11.4 Å². The van der Waals surface area contributed by atoms with Gasteiger partial charge in [-0.05, 0) is 12.1 Å². The Bertz CT molecular complexity index is 834. The highest BCUT2D eigenvalue weighted by atomic mass is 16.6. The molecule has 116 valence electrons. The van der Waals surface area contributed by atoms with Gasteiger partial charge < -0.3 is 10.1 Å². The summed E-state index contributed by atoms with van der Waals surface area (Å²) in [6, 6.07) is 7.01. The number of imidazole rings is 1. The van der Waals surface area contributed by atoms with Crippen molar-refractivity contribution in [3.05, 3.63) is 59.4 Å². The van der Waals surface area contributed by atoms with Gasteiger partial charge in [0.15, 0.2) is 0 Å². The summed E-state index contributed by atoms with van der Waals surface area (Å²) < 4.78 is 6.59. The predicted molar refractivity (Wildman–Crippen MR) is 82.1 cm³/mol. The first-order valence-electron chi connectivity index (χ1n) is 6.58. The van der Waals surface area contributed by atoms with Crippen molar-refractivity contribution in [2.75, 3.05) is 12.4 Å². The number of benzene rings is 1. The molecule has 3 aromatic rings. The largest absolute Gasteiger partial charge is 0.497 e. The highest BCUT2D eigenvalue weighted by molar-refractivity contribution is 5.70. The van der Waals surface area contributed by atoms with Crippen LogP contribution in [0.1, 0.15) is 0 Å². The maximum Gasteiger partial charge on any atom is 0.354 e. The summed E-state index contributed by atoms with van der Waals surface area (Å²) in [5.41, 5.74) is 0.371. The number of anilines is 2. The van der Waals surface area contributed by atoms with Crippen LogP contribution in [0.5, 0.6) is 5.75 Å². The van der Waals surface area contributed by atoms with Gasteiger partial charge in [-0.2, -0.15) is 0 Å². The Morgan fingerprint density at radius 2 is 2.22 bits per heavy atom. The number of hydrogen-bond donors (Lipinski definition) is 1. The van der Waals surface area contributed by atoms with Crippen LogP contribution in [0.4, 0.5) is 17.2 Å². The Kier molecular flexibility index (Phi) is 3.83. The maximum atomic E-state index is 11.5. The summed E-state index contributed by atoms with van der Waals surface area (Å²) in [5, 5.41) is 14.4. The molecule has 0 spiro atoms. The van der Waals surface area contributed by atoms with E-state index in [1.54, 1.807) is 37.6 Å². The molecular formula is C14H12N6O3. The fourth-order valence-corrected chi connectivity index (χ4v) is 2.04. The summed E-state index contributed by atoms with van der Waals surface area (Å²) in [7, 11) is 1.55. The highest BCUT2D eigenvalue weighted by Crippen LogP contribution is 2.30. The van der Waals surface area contributed by atoms with E-state index in [1.165, 1.54) is 23.4 Å². The van der Waals surface area contributed by atoms with Gasteiger partial charge in [0.1, 0.15) is 18.4 Å². The predicted octanol–water partition coefficient (Wildman–Crippen LogP) is 2.32. The van der Waals surface area contributed by atoms with Gasteiger partial charge in [-0.25, -0.2) is 15.0 Å². The van der Waals surface area contributed by atoms with Crippen LogP contribution >= 0.6 is 0 Å². The van der Waals surface area contributed by atoms with Crippen molar-refractivity contribution in [3.8, 4) is 11.6 Å². The van der Waals surface area contributed by atoms with E-state index in [-0.39, 0.29) is 17.3 Å². The van der Waals surface area contributed by atoms with Crippen LogP contribution in [0.2, 0.25) is 0 Å². The number of nitrogens with zero attached hydrogens (tertiary/aromatic N) is 5. The molecule has 0 saturated heterocycles. The van der Waals surface area contributed by atoms with Crippen molar-refractivity contribution >= 4 is 17.2 Å². The second-order valence-corrected chi connectivity index (χ2v) is 4.48. The molecule has 0 aliphatic carbocycles. The summed E-state index contributed by atoms with van der Waals surface area (Å²) in [6.07, 6.45) is 5.78. The molecule has 0 aliphatic rings. The van der Waals surface area contributed by atoms with Crippen LogP contribution in [0, 0.1) is 10.1 Å². The van der Waals surface area contributed by atoms with Gasteiger partial charge in [-0.15, -0.1) is 0 Å². The van der Waals surface area contributed by atoms with E-state index >= 15 is 0 Å². The maximum absolute atomic E-state index is 11.5. The molecule has 2 heterocycles. The number of aromatic nitrogens is 4. The monoisotopic (exact) mass is 312 g/mol. The average Bonchev–Trinajstić information content (AvgIpc) is 3.09. The lowest BCUT2D eigenvalue weighted by Gasteiger charge is -2.09.